The molecule has 0 aliphatic heterocycles. The molecule has 0 amide bonds. The van der Waals surface area contributed by atoms with Gasteiger partial charge in [-0.2, -0.15) is 0 Å². The number of carbonyl (C=O) groups excluding carboxylic acids is 1. The van der Waals surface area contributed by atoms with Gasteiger partial charge in [0.2, 0.25) is 0 Å². The number of carbonyl (C=O) groups is 1. The molecule has 0 unspecified atom stereocenters. The van der Waals surface area contributed by atoms with Crippen molar-refractivity contribution in [1.29, 1.82) is 0 Å². The predicted octanol–water partition coefficient (Wildman–Crippen LogP) is 4.33. The molecule has 0 aromatic heterocycles. The van der Waals surface area contributed by atoms with Gasteiger partial charge in [-0.05, 0) is 30.7 Å². The van der Waals surface area contributed by atoms with Crippen molar-refractivity contribution in [1.82, 2.24) is 0 Å². The number of ether oxygens (including phenoxy) is 1. The fraction of sp³-hybridized carbons (Fsp3) is 0.188. The van der Waals surface area contributed by atoms with E-state index in [0.717, 1.165) is 4.90 Å². The van der Waals surface area contributed by atoms with Crippen molar-refractivity contribution in [2.45, 2.75) is 17.6 Å². The van der Waals surface area contributed by atoms with Crippen LogP contribution in [0.15, 0.2) is 47.4 Å². The summed E-state index contributed by atoms with van der Waals surface area (Å²) < 4.78 is 18.7. The molecule has 0 heterocycles. The highest BCUT2D eigenvalue weighted by Gasteiger charge is 2.05. The molecule has 0 fully saturated rings. The molecule has 0 aliphatic carbocycles. The van der Waals surface area contributed by atoms with Gasteiger partial charge in [0.15, 0.2) is 5.78 Å². The average molecular weight is 290 g/mol. The molecule has 2 aromatic carbocycles. The van der Waals surface area contributed by atoms with Crippen LogP contribution < -0.4 is 4.74 Å². The third-order valence-electron chi connectivity index (χ3n) is 2.92. The first-order valence-corrected chi connectivity index (χ1v) is 7.15. The van der Waals surface area contributed by atoms with E-state index in [1.54, 1.807) is 24.3 Å². The summed E-state index contributed by atoms with van der Waals surface area (Å²) in [6.45, 7) is 1.54. The number of hydrogen-bond donors (Lipinski definition) is 0. The highest BCUT2D eigenvalue weighted by Crippen LogP contribution is 2.26. The smallest absolute Gasteiger partial charge is 0.159 e. The average Bonchev–Trinajstić information content (AvgIpc) is 2.46. The monoisotopic (exact) mass is 290 g/mol. The van der Waals surface area contributed by atoms with E-state index < -0.39 is 0 Å². The van der Waals surface area contributed by atoms with E-state index in [9.17, 15) is 9.18 Å². The van der Waals surface area contributed by atoms with Crippen LogP contribution in [-0.4, -0.2) is 12.9 Å². The standard InChI is InChI=1S/C16H15FO2S/c1-11(18)12-4-7-15(8-5-12)20-10-13-3-6-14(19-2)9-16(13)17/h3-9H,10H2,1-2H3. The summed E-state index contributed by atoms with van der Waals surface area (Å²) in [5.41, 5.74) is 1.32. The Kier molecular flexibility index (Phi) is 4.79. The molecule has 0 saturated heterocycles. The first-order valence-electron chi connectivity index (χ1n) is 6.16. The van der Waals surface area contributed by atoms with Gasteiger partial charge in [-0.15, -0.1) is 11.8 Å². The van der Waals surface area contributed by atoms with Gasteiger partial charge in [-0.1, -0.05) is 18.2 Å². The summed E-state index contributed by atoms with van der Waals surface area (Å²) in [5, 5.41) is 0. The summed E-state index contributed by atoms with van der Waals surface area (Å²) in [6.07, 6.45) is 0. The molecule has 0 radical (unpaired) electrons. The third-order valence-corrected chi connectivity index (χ3v) is 3.98. The van der Waals surface area contributed by atoms with E-state index in [-0.39, 0.29) is 11.6 Å². The molecule has 104 valence electrons. The zero-order chi connectivity index (χ0) is 14.5. The quantitative estimate of drug-likeness (QED) is 0.605. The second kappa shape index (κ2) is 6.57. The van der Waals surface area contributed by atoms with Gasteiger partial charge < -0.3 is 4.74 Å². The number of ketones is 1. The Morgan fingerprint density at radius 2 is 1.90 bits per heavy atom. The Balaban J connectivity index is 2.03. The predicted molar refractivity (Wildman–Crippen MR) is 79.0 cm³/mol. The number of rotatable bonds is 5. The second-order valence-electron chi connectivity index (χ2n) is 4.33. The largest absolute Gasteiger partial charge is 0.497 e. The lowest BCUT2D eigenvalue weighted by Crippen LogP contribution is -1.92. The highest BCUT2D eigenvalue weighted by atomic mass is 32.2. The number of benzene rings is 2. The van der Waals surface area contributed by atoms with E-state index in [4.69, 9.17) is 4.74 Å². The van der Waals surface area contributed by atoms with Crippen molar-refractivity contribution in [2.75, 3.05) is 7.11 Å². The van der Waals surface area contributed by atoms with Crippen molar-refractivity contribution in [2.24, 2.45) is 0 Å². The van der Waals surface area contributed by atoms with Crippen LogP contribution >= 0.6 is 11.8 Å². The van der Waals surface area contributed by atoms with E-state index in [1.807, 2.05) is 12.1 Å². The Bertz CT molecular complexity index is 608. The molecular weight excluding hydrogens is 275 g/mol. The van der Waals surface area contributed by atoms with Gasteiger partial charge in [0.1, 0.15) is 11.6 Å². The van der Waals surface area contributed by atoms with E-state index in [0.29, 0.717) is 22.6 Å². The molecule has 2 nitrogen and oxygen atoms in total. The molecule has 0 aliphatic rings. The number of methoxy groups -OCH3 is 1. The summed E-state index contributed by atoms with van der Waals surface area (Å²) in [4.78, 5) is 12.2. The van der Waals surface area contributed by atoms with Gasteiger partial charge in [0.25, 0.3) is 0 Å². The number of halogens is 1. The van der Waals surface area contributed by atoms with Gasteiger partial charge >= 0.3 is 0 Å². The van der Waals surface area contributed by atoms with Gasteiger partial charge in [0.05, 0.1) is 7.11 Å². The molecule has 4 heteroatoms. The zero-order valence-corrected chi connectivity index (χ0v) is 12.2. The van der Waals surface area contributed by atoms with E-state index in [2.05, 4.69) is 0 Å². The van der Waals surface area contributed by atoms with Crippen molar-refractivity contribution in [3.05, 3.63) is 59.4 Å². The number of hydrogen-bond acceptors (Lipinski definition) is 3. The normalized spacial score (nSPS) is 10.3. The minimum Gasteiger partial charge on any atom is -0.497 e. The summed E-state index contributed by atoms with van der Waals surface area (Å²) in [6, 6.07) is 12.2. The Morgan fingerprint density at radius 3 is 2.45 bits per heavy atom. The number of thioether (sulfide) groups is 1. The SMILES string of the molecule is COc1ccc(CSc2ccc(C(C)=O)cc2)c(F)c1. The first-order chi connectivity index (χ1) is 9.60. The lowest BCUT2D eigenvalue weighted by molar-refractivity contribution is 0.101. The van der Waals surface area contributed by atoms with Crippen LogP contribution in [0, 0.1) is 5.82 Å². The van der Waals surface area contributed by atoms with Crippen LogP contribution in [-0.2, 0) is 5.75 Å². The van der Waals surface area contributed by atoms with E-state index in [1.165, 1.54) is 31.9 Å². The molecule has 0 saturated carbocycles. The van der Waals surface area contributed by atoms with Crippen LogP contribution in [0.3, 0.4) is 0 Å². The molecule has 2 aromatic rings. The summed E-state index contributed by atoms with van der Waals surface area (Å²) in [7, 11) is 1.51. The van der Waals surface area contributed by atoms with Gasteiger partial charge in [-0.25, -0.2) is 4.39 Å². The van der Waals surface area contributed by atoms with Crippen molar-refractivity contribution in [3.63, 3.8) is 0 Å². The van der Waals surface area contributed by atoms with Crippen LogP contribution in [0.5, 0.6) is 5.75 Å². The maximum absolute atomic E-state index is 13.8. The van der Waals surface area contributed by atoms with Crippen molar-refractivity contribution >= 4 is 17.5 Å². The Hall–Kier alpha value is -1.81. The molecule has 0 bridgehead atoms. The molecule has 0 N–H and O–H groups in total. The maximum atomic E-state index is 13.8. The minimum atomic E-state index is -0.266. The van der Waals surface area contributed by atoms with Gasteiger partial charge in [-0.3, -0.25) is 4.79 Å². The van der Waals surface area contributed by atoms with Crippen LogP contribution in [0.4, 0.5) is 4.39 Å². The second-order valence-corrected chi connectivity index (χ2v) is 5.38. The minimum absolute atomic E-state index is 0.0442. The first kappa shape index (κ1) is 14.6. The fourth-order valence-electron chi connectivity index (χ4n) is 1.72. The molecule has 20 heavy (non-hydrogen) atoms. The zero-order valence-electron chi connectivity index (χ0n) is 11.4. The van der Waals surface area contributed by atoms with E-state index >= 15 is 0 Å². The van der Waals surface area contributed by atoms with Crippen LogP contribution in [0.1, 0.15) is 22.8 Å². The topological polar surface area (TPSA) is 26.3 Å². The Morgan fingerprint density at radius 1 is 1.20 bits per heavy atom. The highest BCUT2D eigenvalue weighted by molar-refractivity contribution is 7.98. The Labute approximate surface area is 122 Å². The fourth-order valence-corrected chi connectivity index (χ4v) is 2.60. The third kappa shape index (κ3) is 3.61. The van der Waals surface area contributed by atoms with Crippen LogP contribution in [0.25, 0.3) is 0 Å². The van der Waals surface area contributed by atoms with Gasteiger partial charge in [0, 0.05) is 22.3 Å². The molecule has 0 spiro atoms. The van der Waals surface area contributed by atoms with Crippen molar-refractivity contribution < 1.29 is 13.9 Å². The lowest BCUT2D eigenvalue weighted by atomic mass is 10.2. The van der Waals surface area contributed by atoms with Crippen LogP contribution in [0.2, 0.25) is 0 Å². The molecular formula is C16H15FO2S. The number of Topliss-reactive ketones (excluding diaryl/α,β-unsaturated/α-hetero) is 1. The molecule has 0 atom stereocenters. The molecule has 2 rings (SSSR count). The lowest BCUT2D eigenvalue weighted by Gasteiger charge is -2.06. The maximum Gasteiger partial charge on any atom is 0.159 e. The summed E-state index contributed by atoms with van der Waals surface area (Å²) >= 11 is 1.53. The summed E-state index contributed by atoms with van der Waals surface area (Å²) in [5.74, 6) is 0.830. The van der Waals surface area contributed by atoms with Crippen molar-refractivity contribution in [3.8, 4) is 5.75 Å².